The largest absolute Gasteiger partial charge is 0.333 e. The standard InChI is InChI=1S/C15H22ClN3O2/c1-10(11-6-5-7-12(16)8-11)17-9-13(20)18-14(21)19-15(2,3)4/h5-8,10,17H,9H2,1-4H3,(H2,18,19,20,21)/t10-/m0/s1. The molecule has 1 rings (SSSR count). The molecule has 0 bridgehead atoms. The minimum atomic E-state index is -0.496. The van der Waals surface area contributed by atoms with Crippen LogP contribution >= 0.6 is 11.6 Å². The van der Waals surface area contributed by atoms with Crippen LogP contribution in [0.3, 0.4) is 0 Å². The van der Waals surface area contributed by atoms with Crippen molar-refractivity contribution in [2.75, 3.05) is 6.54 Å². The highest BCUT2D eigenvalue weighted by Crippen LogP contribution is 2.16. The molecule has 5 nitrogen and oxygen atoms in total. The van der Waals surface area contributed by atoms with E-state index in [9.17, 15) is 9.59 Å². The van der Waals surface area contributed by atoms with Gasteiger partial charge in [0.05, 0.1) is 6.54 Å². The van der Waals surface area contributed by atoms with E-state index in [2.05, 4.69) is 16.0 Å². The number of urea groups is 1. The maximum absolute atomic E-state index is 11.7. The number of benzene rings is 1. The summed E-state index contributed by atoms with van der Waals surface area (Å²) in [5, 5.41) is 8.63. The second-order valence-electron chi connectivity index (χ2n) is 5.91. The summed E-state index contributed by atoms with van der Waals surface area (Å²) in [7, 11) is 0. The van der Waals surface area contributed by atoms with E-state index in [-0.39, 0.29) is 24.0 Å². The zero-order valence-electron chi connectivity index (χ0n) is 12.8. The van der Waals surface area contributed by atoms with E-state index in [1.807, 2.05) is 45.9 Å². The van der Waals surface area contributed by atoms with Gasteiger partial charge in [0, 0.05) is 16.6 Å². The van der Waals surface area contributed by atoms with E-state index < -0.39 is 6.03 Å². The van der Waals surface area contributed by atoms with Gasteiger partial charge in [0.2, 0.25) is 5.91 Å². The quantitative estimate of drug-likeness (QED) is 0.800. The smallest absolute Gasteiger partial charge is 0.321 e. The summed E-state index contributed by atoms with van der Waals surface area (Å²) in [4.78, 5) is 23.2. The third kappa shape index (κ3) is 7.11. The first-order valence-corrected chi connectivity index (χ1v) is 7.16. The lowest BCUT2D eigenvalue weighted by Gasteiger charge is -2.20. The molecule has 6 heteroatoms. The highest BCUT2D eigenvalue weighted by atomic mass is 35.5. The molecule has 0 aliphatic rings. The summed E-state index contributed by atoms with van der Waals surface area (Å²) >= 11 is 5.92. The molecule has 0 fully saturated rings. The number of imide groups is 1. The van der Waals surface area contributed by atoms with Crippen LogP contribution in [0, 0.1) is 0 Å². The first kappa shape index (κ1) is 17.5. The van der Waals surface area contributed by atoms with Gasteiger partial charge in [-0.2, -0.15) is 0 Å². The molecule has 0 unspecified atom stereocenters. The number of amides is 3. The van der Waals surface area contributed by atoms with Crippen LogP contribution in [0.25, 0.3) is 0 Å². The molecule has 1 aromatic rings. The number of nitrogens with one attached hydrogen (secondary N) is 3. The minimum Gasteiger partial charge on any atom is -0.333 e. The Morgan fingerprint density at radius 3 is 2.52 bits per heavy atom. The maximum atomic E-state index is 11.7. The van der Waals surface area contributed by atoms with Gasteiger partial charge >= 0.3 is 6.03 Å². The van der Waals surface area contributed by atoms with E-state index in [4.69, 9.17) is 11.6 Å². The molecule has 0 saturated carbocycles. The van der Waals surface area contributed by atoms with Gasteiger partial charge in [-0.15, -0.1) is 0 Å². The average Bonchev–Trinajstić information content (AvgIpc) is 2.33. The van der Waals surface area contributed by atoms with Gasteiger partial charge < -0.3 is 10.6 Å². The van der Waals surface area contributed by atoms with Gasteiger partial charge in [0.15, 0.2) is 0 Å². The highest BCUT2D eigenvalue weighted by molar-refractivity contribution is 6.30. The van der Waals surface area contributed by atoms with Crippen LogP contribution in [-0.2, 0) is 4.79 Å². The zero-order chi connectivity index (χ0) is 16.0. The normalized spacial score (nSPS) is 12.6. The number of hydrogen-bond acceptors (Lipinski definition) is 3. The number of carbonyl (C=O) groups is 2. The Labute approximate surface area is 130 Å². The van der Waals surface area contributed by atoms with Crippen LogP contribution in [0.1, 0.15) is 39.3 Å². The second-order valence-corrected chi connectivity index (χ2v) is 6.35. The van der Waals surface area contributed by atoms with E-state index in [1.165, 1.54) is 0 Å². The Morgan fingerprint density at radius 1 is 1.29 bits per heavy atom. The van der Waals surface area contributed by atoms with Crippen LogP contribution in [0.4, 0.5) is 4.79 Å². The molecule has 3 N–H and O–H groups in total. The molecule has 1 aromatic carbocycles. The third-order valence-electron chi connectivity index (χ3n) is 2.66. The lowest BCUT2D eigenvalue weighted by atomic mass is 10.1. The topological polar surface area (TPSA) is 70.2 Å². The summed E-state index contributed by atoms with van der Waals surface area (Å²) in [5.74, 6) is -0.384. The summed E-state index contributed by atoms with van der Waals surface area (Å²) in [5.41, 5.74) is 0.598. The maximum Gasteiger partial charge on any atom is 0.321 e. The minimum absolute atomic E-state index is 0.0415. The predicted octanol–water partition coefficient (Wildman–Crippen LogP) is 2.61. The summed E-state index contributed by atoms with van der Waals surface area (Å²) in [6, 6.07) is 6.87. The van der Waals surface area contributed by atoms with Crippen molar-refractivity contribution in [3.8, 4) is 0 Å². The van der Waals surface area contributed by atoms with Gasteiger partial charge in [-0.05, 0) is 45.4 Å². The molecule has 1 atom stereocenters. The van der Waals surface area contributed by atoms with E-state index in [0.29, 0.717) is 5.02 Å². The Morgan fingerprint density at radius 2 is 1.95 bits per heavy atom. The van der Waals surface area contributed by atoms with Gasteiger partial charge in [0.25, 0.3) is 0 Å². The zero-order valence-corrected chi connectivity index (χ0v) is 13.5. The van der Waals surface area contributed by atoms with Crippen molar-refractivity contribution in [2.45, 2.75) is 39.3 Å². The molecule has 0 aromatic heterocycles. The predicted molar refractivity (Wildman–Crippen MR) is 84.3 cm³/mol. The van der Waals surface area contributed by atoms with Gasteiger partial charge in [-0.25, -0.2) is 4.79 Å². The van der Waals surface area contributed by atoms with Crippen molar-refractivity contribution >= 4 is 23.5 Å². The molecule has 116 valence electrons. The van der Waals surface area contributed by atoms with Gasteiger partial charge in [0.1, 0.15) is 0 Å². The fourth-order valence-electron chi connectivity index (χ4n) is 1.68. The summed E-state index contributed by atoms with van der Waals surface area (Å²) in [6.45, 7) is 7.50. The van der Waals surface area contributed by atoms with Crippen LogP contribution in [-0.4, -0.2) is 24.0 Å². The Kier molecular flexibility index (Phi) is 6.18. The fraction of sp³-hybridized carbons (Fsp3) is 0.467. The molecule has 0 aliphatic heterocycles. The lowest BCUT2D eigenvalue weighted by Crippen LogP contribution is -2.50. The number of halogens is 1. The van der Waals surface area contributed by atoms with Crippen molar-refractivity contribution in [1.29, 1.82) is 0 Å². The lowest BCUT2D eigenvalue weighted by molar-refractivity contribution is -0.119. The molecule has 0 heterocycles. The number of hydrogen-bond donors (Lipinski definition) is 3. The van der Waals surface area contributed by atoms with Crippen LogP contribution in [0.2, 0.25) is 5.02 Å². The van der Waals surface area contributed by atoms with Crippen LogP contribution in [0.5, 0.6) is 0 Å². The van der Waals surface area contributed by atoms with E-state index in [0.717, 1.165) is 5.56 Å². The molecule has 0 spiro atoms. The van der Waals surface area contributed by atoms with Crippen molar-refractivity contribution in [3.05, 3.63) is 34.9 Å². The summed E-state index contributed by atoms with van der Waals surface area (Å²) in [6.07, 6.45) is 0. The van der Waals surface area contributed by atoms with Crippen molar-refractivity contribution < 1.29 is 9.59 Å². The SMILES string of the molecule is C[C@H](NCC(=O)NC(=O)NC(C)(C)C)c1cccc(Cl)c1. The first-order chi connectivity index (χ1) is 9.67. The Hall–Kier alpha value is -1.59. The molecule has 3 amide bonds. The van der Waals surface area contributed by atoms with Crippen molar-refractivity contribution in [2.24, 2.45) is 0 Å². The molecule has 0 aliphatic carbocycles. The van der Waals surface area contributed by atoms with Crippen molar-refractivity contribution in [3.63, 3.8) is 0 Å². The van der Waals surface area contributed by atoms with Gasteiger partial charge in [-0.1, -0.05) is 23.7 Å². The summed E-state index contributed by atoms with van der Waals surface area (Å²) < 4.78 is 0. The second kappa shape index (κ2) is 7.43. The average molecular weight is 312 g/mol. The first-order valence-electron chi connectivity index (χ1n) is 6.78. The van der Waals surface area contributed by atoms with Crippen LogP contribution in [0.15, 0.2) is 24.3 Å². The van der Waals surface area contributed by atoms with Crippen LogP contribution < -0.4 is 16.0 Å². The molecule has 0 radical (unpaired) electrons. The molecular weight excluding hydrogens is 290 g/mol. The van der Waals surface area contributed by atoms with Crippen molar-refractivity contribution in [1.82, 2.24) is 16.0 Å². The van der Waals surface area contributed by atoms with E-state index >= 15 is 0 Å². The molecular formula is C15H22ClN3O2. The van der Waals surface area contributed by atoms with Gasteiger partial charge in [-0.3, -0.25) is 10.1 Å². The highest BCUT2D eigenvalue weighted by Gasteiger charge is 2.16. The fourth-order valence-corrected chi connectivity index (χ4v) is 1.88. The Balaban J connectivity index is 2.41. The van der Waals surface area contributed by atoms with E-state index in [1.54, 1.807) is 6.07 Å². The Bertz CT molecular complexity index is 512. The molecule has 21 heavy (non-hydrogen) atoms. The third-order valence-corrected chi connectivity index (χ3v) is 2.89. The monoisotopic (exact) mass is 311 g/mol. The number of rotatable bonds is 4. The number of carbonyl (C=O) groups excluding carboxylic acids is 2. The molecule has 0 saturated heterocycles.